The van der Waals surface area contributed by atoms with Crippen molar-refractivity contribution < 1.29 is 8.42 Å². The molecular formula is C7H5BrClNO2S. The Labute approximate surface area is 89.3 Å². The second-order valence-electron chi connectivity index (χ2n) is 2.66. The Morgan fingerprint density at radius 1 is 1.46 bits per heavy atom. The summed E-state index contributed by atoms with van der Waals surface area (Å²) in [5.41, 5.74) is 0.635. The van der Waals surface area contributed by atoms with Crippen molar-refractivity contribution in [3.05, 3.63) is 27.2 Å². The molecule has 0 unspecified atom stereocenters. The summed E-state index contributed by atoms with van der Waals surface area (Å²) >= 11 is 9.15. The van der Waals surface area contributed by atoms with Gasteiger partial charge in [0.1, 0.15) is 0 Å². The van der Waals surface area contributed by atoms with Crippen molar-refractivity contribution in [2.75, 3.05) is 0 Å². The van der Waals surface area contributed by atoms with Gasteiger partial charge in [0.05, 0.1) is 9.92 Å². The Morgan fingerprint density at radius 3 is 2.85 bits per heavy atom. The first kappa shape index (κ1) is 9.45. The number of fused-ring (bicyclic) bond motifs is 1. The number of rotatable bonds is 0. The lowest BCUT2D eigenvalue weighted by atomic mass is 10.2. The van der Waals surface area contributed by atoms with E-state index in [0.29, 0.717) is 15.1 Å². The van der Waals surface area contributed by atoms with E-state index in [2.05, 4.69) is 20.7 Å². The molecule has 1 N–H and O–H groups in total. The molecule has 1 aliphatic heterocycles. The molecular weight excluding hydrogens is 278 g/mol. The summed E-state index contributed by atoms with van der Waals surface area (Å²) in [5, 5.41) is 0.464. The molecule has 1 aromatic carbocycles. The third-order valence-corrected chi connectivity index (χ3v) is 4.69. The highest BCUT2D eigenvalue weighted by molar-refractivity contribution is 9.10. The Kier molecular flexibility index (Phi) is 2.14. The minimum atomic E-state index is -3.30. The van der Waals surface area contributed by atoms with Crippen molar-refractivity contribution in [1.29, 1.82) is 0 Å². The fraction of sp³-hybridized carbons (Fsp3) is 0.143. The van der Waals surface area contributed by atoms with Gasteiger partial charge in [-0.1, -0.05) is 11.6 Å². The molecule has 1 aromatic rings. The summed E-state index contributed by atoms with van der Waals surface area (Å²) in [6.45, 7) is 0.274. The summed E-state index contributed by atoms with van der Waals surface area (Å²) < 4.78 is 25.8. The SMILES string of the molecule is O=S1(=O)NCc2c1ccc(Br)c2Cl. The molecule has 6 heteroatoms. The van der Waals surface area contributed by atoms with Crippen LogP contribution in [0, 0.1) is 0 Å². The average molecular weight is 283 g/mol. The summed E-state index contributed by atoms with van der Waals surface area (Å²) in [5.74, 6) is 0. The largest absolute Gasteiger partial charge is 0.241 e. The first-order valence-corrected chi connectivity index (χ1v) is 6.14. The summed E-state index contributed by atoms with van der Waals surface area (Å²) in [7, 11) is -3.30. The van der Waals surface area contributed by atoms with E-state index in [1.165, 1.54) is 0 Å². The molecule has 3 nitrogen and oxygen atoms in total. The molecule has 1 heterocycles. The van der Waals surface area contributed by atoms with Crippen LogP contribution in [0.3, 0.4) is 0 Å². The highest BCUT2D eigenvalue weighted by Crippen LogP contribution is 2.34. The van der Waals surface area contributed by atoms with E-state index in [1.54, 1.807) is 12.1 Å². The maximum absolute atomic E-state index is 11.3. The minimum absolute atomic E-state index is 0.274. The second kappa shape index (κ2) is 2.95. The zero-order valence-corrected chi connectivity index (χ0v) is 9.50. The van der Waals surface area contributed by atoms with Crippen molar-refractivity contribution in [1.82, 2.24) is 4.72 Å². The fourth-order valence-electron chi connectivity index (χ4n) is 1.24. The first-order chi connectivity index (χ1) is 6.02. The van der Waals surface area contributed by atoms with Crippen LogP contribution in [0.4, 0.5) is 0 Å². The Bertz CT molecular complexity index is 472. The topological polar surface area (TPSA) is 46.2 Å². The molecule has 1 aliphatic rings. The molecule has 0 radical (unpaired) electrons. The van der Waals surface area contributed by atoms with Crippen LogP contribution in [0.1, 0.15) is 5.56 Å². The van der Waals surface area contributed by atoms with Gasteiger partial charge in [0.15, 0.2) is 0 Å². The molecule has 13 heavy (non-hydrogen) atoms. The van der Waals surface area contributed by atoms with Crippen LogP contribution in [-0.4, -0.2) is 8.42 Å². The van der Waals surface area contributed by atoms with Gasteiger partial charge in [0.25, 0.3) is 0 Å². The predicted octanol–water partition coefficient (Wildman–Crippen LogP) is 1.89. The molecule has 0 amide bonds. The number of hydrogen-bond donors (Lipinski definition) is 1. The predicted molar refractivity (Wildman–Crippen MR) is 53.2 cm³/mol. The van der Waals surface area contributed by atoms with Gasteiger partial charge >= 0.3 is 0 Å². The van der Waals surface area contributed by atoms with E-state index in [1.807, 2.05) is 0 Å². The third kappa shape index (κ3) is 1.40. The lowest BCUT2D eigenvalue weighted by molar-refractivity contribution is 0.589. The Hall–Kier alpha value is -0.100. The van der Waals surface area contributed by atoms with Crippen molar-refractivity contribution >= 4 is 37.6 Å². The van der Waals surface area contributed by atoms with Crippen LogP contribution < -0.4 is 4.72 Å². The number of hydrogen-bond acceptors (Lipinski definition) is 2. The molecule has 0 bridgehead atoms. The van der Waals surface area contributed by atoms with Crippen molar-refractivity contribution in [3.8, 4) is 0 Å². The highest BCUT2D eigenvalue weighted by Gasteiger charge is 2.27. The molecule has 0 aromatic heterocycles. The maximum Gasteiger partial charge on any atom is 0.241 e. The zero-order chi connectivity index (χ0) is 9.64. The van der Waals surface area contributed by atoms with Gasteiger partial charge in [-0.15, -0.1) is 0 Å². The van der Waals surface area contributed by atoms with Crippen LogP contribution >= 0.6 is 27.5 Å². The van der Waals surface area contributed by atoms with E-state index in [0.717, 1.165) is 0 Å². The van der Waals surface area contributed by atoms with Gasteiger partial charge < -0.3 is 0 Å². The molecule has 0 fully saturated rings. The normalized spacial score (nSPS) is 18.6. The maximum atomic E-state index is 11.3. The van der Waals surface area contributed by atoms with Crippen molar-refractivity contribution in [2.24, 2.45) is 0 Å². The minimum Gasteiger partial charge on any atom is -0.207 e. The Morgan fingerprint density at radius 2 is 2.15 bits per heavy atom. The second-order valence-corrected chi connectivity index (χ2v) is 5.63. The molecule has 0 spiro atoms. The van der Waals surface area contributed by atoms with Crippen molar-refractivity contribution in [2.45, 2.75) is 11.4 Å². The van der Waals surface area contributed by atoms with E-state index in [9.17, 15) is 8.42 Å². The molecule has 0 saturated carbocycles. The number of sulfonamides is 1. The number of halogens is 2. The van der Waals surface area contributed by atoms with Crippen LogP contribution in [0.25, 0.3) is 0 Å². The van der Waals surface area contributed by atoms with Gasteiger partial charge in [-0.05, 0) is 28.1 Å². The van der Waals surface area contributed by atoms with Gasteiger partial charge in [-0.25, -0.2) is 13.1 Å². The van der Waals surface area contributed by atoms with E-state index >= 15 is 0 Å². The van der Waals surface area contributed by atoms with Crippen LogP contribution in [0.2, 0.25) is 5.02 Å². The number of nitrogens with one attached hydrogen (secondary N) is 1. The third-order valence-electron chi connectivity index (χ3n) is 1.88. The van der Waals surface area contributed by atoms with Gasteiger partial charge in [0, 0.05) is 16.6 Å². The van der Waals surface area contributed by atoms with E-state index < -0.39 is 10.0 Å². The van der Waals surface area contributed by atoms with E-state index in [4.69, 9.17) is 11.6 Å². The smallest absolute Gasteiger partial charge is 0.207 e. The molecule has 0 saturated heterocycles. The quantitative estimate of drug-likeness (QED) is 0.790. The monoisotopic (exact) mass is 281 g/mol. The van der Waals surface area contributed by atoms with Crippen LogP contribution in [0.5, 0.6) is 0 Å². The molecule has 0 aliphatic carbocycles. The summed E-state index contributed by atoms with van der Waals surface area (Å²) in [4.78, 5) is 0.278. The summed E-state index contributed by atoms with van der Waals surface area (Å²) in [6, 6.07) is 3.17. The molecule has 2 rings (SSSR count). The zero-order valence-electron chi connectivity index (χ0n) is 6.34. The first-order valence-electron chi connectivity index (χ1n) is 3.49. The highest BCUT2D eigenvalue weighted by atomic mass is 79.9. The van der Waals surface area contributed by atoms with Crippen LogP contribution in [-0.2, 0) is 16.6 Å². The van der Waals surface area contributed by atoms with Gasteiger partial charge in [-0.2, -0.15) is 0 Å². The van der Waals surface area contributed by atoms with Crippen molar-refractivity contribution in [3.63, 3.8) is 0 Å². The standard InChI is InChI=1S/C7H5BrClNO2S/c8-5-1-2-6-4(7(5)9)3-10-13(6,11)12/h1-2,10H,3H2. The lowest BCUT2D eigenvalue weighted by Crippen LogP contribution is -2.13. The Balaban J connectivity index is 2.78. The average Bonchev–Trinajstić information content (AvgIpc) is 2.35. The summed E-state index contributed by atoms with van der Waals surface area (Å²) in [6.07, 6.45) is 0. The van der Waals surface area contributed by atoms with Gasteiger partial charge in [-0.3, -0.25) is 0 Å². The molecule has 0 atom stereocenters. The van der Waals surface area contributed by atoms with Gasteiger partial charge in [0.2, 0.25) is 10.0 Å². The van der Waals surface area contributed by atoms with Crippen LogP contribution in [0.15, 0.2) is 21.5 Å². The molecule has 70 valence electrons. The lowest BCUT2D eigenvalue weighted by Gasteiger charge is -2.00. The number of benzene rings is 1. The van der Waals surface area contributed by atoms with E-state index in [-0.39, 0.29) is 11.4 Å². The fourth-order valence-corrected chi connectivity index (χ4v) is 3.13.